The first-order chi connectivity index (χ1) is 11.1. The van der Waals surface area contributed by atoms with Gasteiger partial charge in [0.05, 0.1) is 19.9 Å². The molecule has 23 heavy (non-hydrogen) atoms. The van der Waals surface area contributed by atoms with E-state index in [2.05, 4.69) is 10.5 Å². The van der Waals surface area contributed by atoms with Crippen molar-refractivity contribution in [1.29, 1.82) is 0 Å². The zero-order valence-electron chi connectivity index (χ0n) is 12.9. The zero-order chi connectivity index (χ0) is 16.7. The molecule has 5 nitrogen and oxygen atoms in total. The van der Waals surface area contributed by atoms with Gasteiger partial charge in [-0.15, -0.1) is 0 Å². The van der Waals surface area contributed by atoms with Crippen molar-refractivity contribution in [3.05, 3.63) is 58.6 Å². The molecule has 0 aliphatic carbocycles. The largest absolute Gasteiger partial charge is 0.493 e. The van der Waals surface area contributed by atoms with E-state index in [-0.39, 0.29) is 5.91 Å². The highest BCUT2D eigenvalue weighted by atomic mass is 35.5. The summed E-state index contributed by atoms with van der Waals surface area (Å²) in [6.45, 7) is 2.46. The average Bonchev–Trinajstić information content (AvgIpc) is 2.56. The van der Waals surface area contributed by atoms with E-state index in [9.17, 15) is 4.79 Å². The number of benzene rings is 2. The smallest absolute Gasteiger partial charge is 0.271 e. The number of amides is 1. The summed E-state index contributed by atoms with van der Waals surface area (Å²) in [4.78, 5) is 11.9. The molecule has 0 radical (unpaired) electrons. The third kappa shape index (κ3) is 4.72. The van der Waals surface area contributed by atoms with Crippen molar-refractivity contribution >= 4 is 23.7 Å². The molecule has 2 aromatic rings. The number of methoxy groups -OCH3 is 1. The summed E-state index contributed by atoms with van der Waals surface area (Å²) in [5.74, 6) is 0.939. The first kappa shape index (κ1) is 16.8. The van der Waals surface area contributed by atoms with Gasteiger partial charge in [-0.25, -0.2) is 5.43 Å². The van der Waals surface area contributed by atoms with Gasteiger partial charge in [-0.05, 0) is 48.9 Å². The number of rotatable bonds is 6. The van der Waals surface area contributed by atoms with Gasteiger partial charge >= 0.3 is 0 Å². The fraction of sp³-hybridized carbons (Fsp3) is 0.176. The van der Waals surface area contributed by atoms with Crippen LogP contribution in [0, 0.1) is 0 Å². The highest BCUT2D eigenvalue weighted by molar-refractivity contribution is 6.30. The highest BCUT2D eigenvalue weighted by Gasteiger charge is 2.05. The van der Waals surface area contributed by atoms with Crippen LogP contribution in [0.3, 0.4) is 0 Å². The Morgan fingerprint density at radius 3 is 2.78 bits per heavy atom. The monoisotopic (exact) mass is 332 g/mol. The second kappa shape index (κ2) is 8.19. The molecule has 2 aromatic carbocycles. The van der Waals surface area contributed by atoms with E-state index in [1.165, 1.54) is 6.21 Å². The molecular formula is C17H17ClN2O3. The number of carbonyl (C=O) groups excluding carboxylic acids is 1. The van der Waals surface area contributed by atoms with Crippen LogP contribution in [-0.4, -0.2) is 25.8 Å². The van der Waals surface area contributed by atoms with Gasteiger partial charge < -0.3 is 9.47 Å². The van der Waals surface area contributed by atoms with Gasteiger partial charge in [-0.1, -0.05) is 17.7 Å². The topological polar surface area (TPSA) is 59.9 Å². The third-order valence-electron chi connectivity index (χ3n) is 2.95. The van der Waals surface area contributed by atoms with Gasteiger partial charge in [-0.3, -0.25) is 4.79 Å². The molecule has 6 heteroatoms. The van der Waals surface area contributed by atoms with Gasteiger partial charge in [-0.2, -0.15) is 5.10 Å². The highest BCUT2D eigenvalue weighted by Crippen LogP contribution is 2.27. The van der Waals surface area contributed by atoms with E-state index in [0.717, 1.165) is 5.56 Å². The molecule has 0 fully saturated rings. The molecule has 1 N–H and O–H groups in total. The number of nitrogens with zero attached hydrogens (tertiary/aromatic N) is 1. The second-order valence-electron chi connectivity index (χ2n) is 4.55. The van der Waals surface area contributed by atoms with E-state index in [0.29, 0.717) is 28.7 Å². The maximum Gasteiger partial charge on any atom is 0.271 e. The Bertz CT molecular complexity index is 717. The summed E-state index contributed by atoms with van der Waals surface area (Å²) in [5.41, 5.74) is 3.67. The van der Waals surface area contributed by atoms with Gasteiger partial charge in [0, 0.05) is 10.6 Å². The lowest BCUT2D eigenvalue weighted by molar-refractivity contribution is 0.0955. The number of nitrogens with one attached hydrogen (secondary N) is 1. The van der Waals surface area contributed by atoms with E-state index in [4.69, 9.17) is 21.1 Å². The Morgan fingerprint density at radius 2 is 2.09 bits per heavy atom. The number of halogens is 1. The summed E-state index contributed by atoms with van der Waals surface area (Å²) in [5, 5.41) is 4.43. The van der Waals surface area contributed by atoms with Crippen molar-refractivity contribution in [3.8, 4) is 11.5 Å². The van der Waals surface area contributed by atoms with Crippen LogP contribution in [0.15, 0.2) is 47.6 Å². The molecule has 0 aromatic heterocycles. The van der Waals surface area contributed by atoms with Crippen LogP contribution in [0.2, 0.25) is 5.02 Å². The van der Waals surface area contributed by atoms with Crippen LogP contribution in [0.4, 0.5) is 0 Å². The minimum Gasteiger partial charge on any atom is -0.493 e. The van der Waals surface area contributed by atoms with Crippen LogP contribution >= 0.6 is 11.6 Å². The Hall–Kier alpha value is -2.53. The molecule has 0 spiro atoms. The first-order valence-electron chi connectivity index (χ1n) is 7.04. The first-order valence-corrected chi connectivity index (χ1v) is 7.41. The number of hydrazone groups is 1. The maximum absolute atomic E-state index is 11.9. The quantitative estimate of drug-likeness (QED) is 0.650. The number of carbonyl (C=O) groups is 1. The van der Waals surface area contributed by atoms with Crippen molar-refractivity contribution in [1.82, 2.24) is 5.43 Å². The second-order valence-corrected chi connectivity index (χ2v) is 4.99. The summed E-state index contributed by atoms with van der Waals surface area (Å²) in [6.07, 6.45) is 1.53. The standard InChI is InChI=1S/C17H17ClN2O3/c1-3-23-15-8-7-12(9-16(15)22-2)11-19-20-17(21)13-5-4-6-14(18)10-13/h4-11H,3H2,1-2H3,(H,20,21). The van der Waals surface area contributed by atoms with Crippen LogP contribution in [0.1, 0.15) is 22.8 Å². The SMILES string of the molecule is CCOc1ccc(C=NNC(=O)c2cccc(Cl)c2)cc1OC. The van der Waals surface area contributed by atoms with Crippen molar-refractivity contribution < 1.29 is 14.3 Å². The zero-order valence-corrected chi connectivity index (χ0v) is 13.6. The molecule has 0 aliphatic rings. The molecule has 0 aliphatic heterocycles. The van der Waals surface area contributed by atoms with E-state index in [1.807, 2.05) is 13.0 Å². The van der Waals surface area contributed by atoms with Crippen molar-refractivity contribution in [2.75, 3.05) is 13.7 Å². The number of ether oxygens (including phenoxy) is 2. The van der Waals surface area contributed by atoms with Gasteiger partial charge in [0.2, 0.25) is 0 Å². The molecule has 0 unspecified atom stereocenters. The Kier molecular flexibility index (Phi) is 6.00. The molecule has 0 saturated carbocycles. The molecule has 0 bridgehead atoms. The van der Waals surface area contributed by atoms with Crippen LogP contribution in [0.25, 0.3) is 0 Å². The van der Waals surface area contributed by atoms with Gasteiger partial charge in [0.1, 0.15) is 0 Å². The lowest BCUT2D eigenvalue weighted by Gasteiger charge is -2.09. The van der Waals surface area contributed by atoms with E-state index < -0.39 is 0 Å². The lowest BCUT2D eigenvalue weighted by Crippen LogP contribution is -2.17. The van der Waals surface area contributed by atoms with E-state index >= 15 is 0 Å². The van der Waals surface area contributed by atoms with Crippen molar-refractivity contribution in [2.24, 2.45) is 5.10 Å². The summed E-state index contributed by atoms with van der Waals surface area (Å²) < 4.78 is 10.7. The molecule has 0 heterocycles. The minimum atomic E-state index is -0.332. The van der Waals surface area contributed by atoms with Crippen LogP contribution < -0.4 is 14.9 Å². The summed E-state index contributed by atoms with van der Waals surface area (Å²) >= 11 is 5.85. The predicted octanol–water partition coefficient (Wildman–Crippen LogP) is 3.51. The molecule has 1 amide bonds. The molecule has 2 rings (SSSR count). The lowest BCUT2D eigenvalue weighted by atomic mass is 10.2. The minimum absolute atomic E-state index is 0.332. The fourth-order valence-electron chi connectivity index (χ4n) is 1.90. The van der Waals surface area contributed by atoms with E-state index in [1.54, 1.807) is 43.5 Å². The number of hydrogen-bond donors (Lipinski definition) is 1. The fourth-order valence-corrected chi connectivity index (χ4v) is 2.09. The van der Waals surface area contributed by atoms with Gasteiger partial charge in [0.25, 0.3) is 5.91 Å². The summed E-state index contributed by atoms with van der Waals surface area (Å²) in [6, 6.07) is 12.0. The Balaban J connectivity index is 2.04. The predicted molar refractivity (Wildman–Crippen MR) is 90.7 cm³/mol. The Labute approximate surface area is 139 Å². The molecular weight excluding hydrogens is 316 g/mol. The molecule has 0 atom stereocenters. The Morgan fingerprint density at radius 1 is 1.26 bits per heavy atom. The van der Waals surface area contributed by atoms with Crippen LogP contribution in [-0.2, 0) is 0 Å². The van der Waals surface area contributed by atoms with Crippen LogP contribution in [0.5, 0.6) is 11.5 Å². The normalized spacial score (nSPS) is 10.6. The third-order valence-corrected chi connectivity index (χ3v) is 3.19. The summed E-state index contributed by atoms with van der Waals surface area (Å²) in [7, 11) is 1.57. The van der Waals surface area contributed by atoms with Gasteiger partial charge in [0.15, 0.2) is 11.5 Å². The molecule has 0 saturated heterocycles. The molecule has 120 valence electrons. The average molecular weight is 333 g/mol. The maximum atomic E-state index is 11.9. The van der Waals surface area contributed by atoms with Crippen molar-refractivity contribution in [2.45, 2.75) is 6.92 Å². The number of hydrogen-bond acceptors (Lipinski definition) is 4. The van der Waals surface area contributed by atoms with Crippen molar-refractivity contribution in [3.63, 3.8) is 0 Å².